The van der Waals surface area contributed by atoms with Crippen molar-refractivity contribution >= 4 is 46.4 Å². The number of amides is 4. The van der Waals surface area contributed by atoms with E-state index in [1.807, 2.05) is 120 Å². The molecule has 0 aliphatic carbocycles. The molecular weight excluding hydrogens is 801 g/mol. The number of ether oxygens (including phenoxy) is 2. The van der Waals surface area contributed by atoms with E-state index in [4.69, 9.17) is 20.9 Å². The maximum atomic E-state index is 14.1. The zero-order valence-electron chi connectivity index (χ0n) is 36.4. The summed E-state index contributed by atoms with van der Waals surface area (Å²) in [6.45, 7) is 11.6. The summed E-state index contributed by atoms with van der Waals surface area (Å²) in [6, 6.07) is 43.9. The highest BCUT2D eigenvalue weighted by atomic mass is 16.5. The molecule has 10 nitrogen and oxygen atoms in total. The molecule has 0 unspecified atom stereocenters. The lowest BCUT2D eigenvalue weighted by molar-refractivity contribution is 0.0907. The van der Waals surface area contributed by atoms with Gasteiger partial charge in [0.1, 0.15) is 22.7 Å². The third kappa shape index (κ3) is 7.75. The number of carbonyl (C=O) groups is 4. The first-order valence-electron chi connectivity index (χ1n) is 21.0. The highest BCUT2D eigenvalue weighted by Gasteiger charge is 2.40. The van der Waals surface area contributed by atoms with Gasteiger partial charge in [-0.3, -0.25) is 19.2 Å². The molecule has 2 aliphatic rings. The molecule has 318 valence electrons. The summed E-state index contributed by atoms with van der Waals surface area (Å²) in [5.74, 6) is -0.674. The standard InChI is InChI=1S/C54H46N4O6/c1-53(2,3)63-47-29-36(13-23-41(47)33-11-21-40(22-12-33)57-49(59)42-24-14-34(27-44(42)51(57)61)31-7-17-38(55)18-8-31)37-16-26-46(48(30-37)64-54(4,5)6)58-50(60)43-25-15-35(28-45(43)52(58)62)32-9-19-39(56)20-10-32/h7-30H,55-56H2,1-6H3. The zero-order valence-corrected chi connectivity index (χ0v) is 36.4. The van der Waals surface area contributed by atoms with E-state index in [1.54, 1.807) is 66.7 Å². The average Bonchev–Trinajstić information content (AvgIpc) is 3.65. The molecule has 0 bridgehead atoms. The number of fused-ring (bicyclic) bond motifs is 2. The van der Waals surface area contributed by atoms with E-state index in [-0.39, 0.29) is 5.91 Å². The van der Waals surface area contributed by atoms with Crippen LogP contribution < -0.4 is 30.7 Å². The van der Waals surface area contributed by atoms with Crippen LogP contribution in [0.3, 0.4) is 0 Å². The van der Waals surface area contributed by atoms with Crippen LogP contribution in [0.1, 0.15) is 83.0 Å². The van der Waals surface area contributed by atoms with Crippen LogP contribution in [0.4, 0.5) is 22.7 Å². The normalized spacial score (nSPS) is 13.7. The molecule has 0 saturated carbocycles. The van der Waals surface area contributed by atoms with Crippen molar-refractivity contribution in [2.45, 2.75) is 52.7 Å². The van der Waals surface area contributed by atoms with Crippen LogP contribution >= 0.6 is 0 Å². The minimum Gasteiger partial charge on any atom is -0.487 e. The molecule has 0 spiro atoms. The van der Waals surface area contributed by atoms with Gasteiger partial charge in [-0.1, -0.05) is 66.7 Å². The number of carbonyl (C=O) groups excluding carboxylic acids is 4. The fourth-order valence-corrected chi connectivity index (χ4v) is 8.08. The topological polar surface area (TPSA) is 145 Å². The second kappa shape index (κ2) is 15.4. The lowest BCUT2D eigenvalue weighted by Crippen LogP contribution is -2.31. The Morgan fingerprint density at radius 3 is 1.22 bits per heavy atom. The summed E-state index contributed by atoms with van der Waals surface area (Å²) in [6.07, 6.45) is 0. The van der Waals surface area contributed by atoms with Gasteiger partial charge < -0.3 is 20.9 Å². The molecule has 0 fully saturated rings. The summed E-state index contributed by atoms with van der Waals surface area (Å²) >= 11 is 0. The number of nitrogens with two attached hydrogens (primary N) is 2. The molecule has 64 heavy (non-hydrogen) atoms. The van der Waals surface area contributed by atoms with Crippen LogP contribution in [0.5, 0.6) is 11.5 Å². The Bertz CT molecular complexity index is 3050. The Hall–Kier alpha value is -7.98. The number of hydrogen-bond donors (Lipinski definition) is 2. The second-order valence-electron chi connectivity index (χ2n) is 18.0. The first-order valence-corrected chi connectivity index (χ1v) is 21.0. The van der Waals surface area contributed by atoms with Crippen LogP contribution in [0.15, 0.2) is 146 Å². The van der Waals surface area contributed by atoms with E-state index < -0.39 is 28.9 Å². The van der Waals surface area contributed by atoms with Gasteiger partial charge in [-0.25, -0.2) is 9.80 Å². The summed E-state index contributed by atoms with van der Waals surface area (Å²) in [5, 5.41) is 0. The monoisotopic (exact) mass is 846 g/mol. The van der Waals surface area contributed by atoms with Gasteiger partial charge in [0.2, 0.25) is 0 Å². The van der Waals surface area contributed by atoms with Gasteiger partial charge in [0, 0.05) is 16.9 Å². The van der Waals surface area contributed by atoms with Crippen molar-refractivity contribution in [3.05, 3.63) is 168 Å². The lowest BCUT2D eigenvalue weighted by atomic mass is 9.97. The first-order chi connectivity index (χ1) is 30.4. The quantitative estimate of drug-likeness (QED) is 0.114. The predicted molar refractivity (Wildman–Crippen MR) is 253 cm³/mol. The van der Waals surface area contributed by atoms with E-state index in [9.17, 15) is 19.2 Å². The van der Waals surface area contributed by atoms with Crippen LogP contribution in [-0.2, 0) is 0 Å². The highest BCUT2D eigenvalue weighted by Crippen LogP contribution is 2.43. The molecule has 2 heterocycles. The molecule has 10 heteroatoms. The molecule has 4 N–H and O–H groups in total. The van der Waals surface area contributed by atoms with E-state index in [0.717, 1.165) is 44.5 Å². The van der Waals surface area contributed by atoms with Gasteiger partial charge in [0.25, 0.3) is 23.6 Å². The van der Waals surface area contributed by atoms with Gasteiger partial charge >= 0.3 is 0 Å². The molecule has 0 aromatic heterocycles. The molecule has 0 saturated heterocycles. The lowest BCUT2D eigenvalue weighted by Gasteiger charge is -2.27. The molecule has 0 atom stereocenters. The summed E-state index contributed by atoms with van der Waals surface area (Å²) in [5.41, 5.74) is 20.5. The van der Waals surface area contributed by atoms with Crippen LogP contribution in [0.2, 0.25) is 0 Å². The second-order valence-corrected chi connectivity index (χ2v) is 18.0. The Morgan fingerprint density at radius 2 is 0.719 bits per heavy atom. The number of nitrogens with zero attached hydrogens (tertiary/aromatic N) is 2. The number of hydrogen-bond acceptors (Lipinski definition) is 8. The van der Waals surface area contributed by atoms with Crippen molar-refractivity contribution in [2.24, 2.45) is 0 Å². The molecule has 0 radical (unpaired) electrons. The summed E-state index contributed by atoms with van der Waals surface area (Å²) in [7, 11) is 0. The van der Waals surface area contributed by atoms with Gasteiger partial charge in [-0.2, -0.15) is 0 Å². The molecule has 4 amide bonds. The zero-order chi connectivity index (χ0) is 45.2. The van der Waals surface area contributed by atoms with Crippen molar-refractivity contribution in [3.8, 4) is 56.0 Å². The van der Waals surface area contributed by atoms with Gasteiger partial charge in [0.15, 0.2) is 0 Å². The molecule has 9 rings (SSSR count). The van der Waals surface area contributed by atoms with E-state index in [0.29, 0.717) is 56.5 Å². The smallest absolute Gasteiger partial charge is 0.266 e. The van der Waals surface area contributed by atoms with Crippen molar-refractivity contribution in [1.29, 1.82) is 0 Å². The minimum atomic E-state index is -0.668. The fraction of sp³-hybridized carbons (Fsp3) is 0.148. The highest BCUT2D eigenvalue weighted by molar-refractivity contribution is 6.36. The third-order valence-corrected chi connectivity index (χ3v) is 11.0. The van der Waals surface area contributed by atoms with Gasteiger partial charge in [0.05, 0.1) is 33.6 Å². The van der Waals surface area contributed by atoms with Gasteiger partial charge in [-0.15, -0.1) is 0 Å². The number of anilines is 4. The minimum absolute atomic E-state index is 0.311. The maximum absolute atomic E-state index is 14.1. The van der Waals surface area contributed by atoms with Crippen molar-refractivity contribution in [3.63, 3.8) is 0 Å². The van der Waals surface area contributed by atoms with Crippen LogP contribution in [-0.4, -0.2) is 34.8 Å². The Kier molecular flexibility index (Phi) is 9.97. The van der Waals surface area contributed by atoms with Crippen molar-refractivity contribution in [1.82, 2.24) is 0 Å². The van der Waals surface area contributed by atoms with Crippen LogP contribution in [0.25, 0.3) is 44.5 Å². The largest absolute Gasteiger partial charge is 0.487 e. The van der Waals surface area contributed by atoms with Crippen molar-refractivity contribution < 1.29 is 28.7 Å². The Balaban J connectivity index is 1.02. The fourth-order valence-electron chi connectivity index (χ4n) is 8.08. The first kappa shape index (κ1) is 41.4. The van der Waals surface area contributed by atoms with E-state index >= 15 is 0 Å². The third-order valence-electron chi connectivity index (χ3n) is 11.0. The van der Waals surface area contributed by atoms with Crippen LogP contribution in [0, 0.1) is 0 Å². The molecule has 2 aliphatic heterocycles. The predicted octanol–water partition coefficient (Wildman–Crippen LogP) is 11.5. The van der Waals surface area contributed by atoms with Gasteiger partial charge in [-0.05, 0) is 159 Å². The summed E-state index contributed by atoms with van der Waals surface area (Å²) in [4.78, 5) is 57.8. The maximum Gasteiger partial charge on any atom is 0.266 e. The average molecular weight is 847 g/mol. The Labute approximate surface area is 371 Å². The molecule has 7 aromatic carbocycles. The number of rotatable bonds is 8. The molecular formula is C54H46N4O6. The van der Waals surface area contributed by atoms with E-state index in [1.165, 1.54) is 9.80 Å². The summed E-state index contributed by atoms with van der Waals surface area (Å²) < 4.78 is 13.1. The number of benzene rings is 7. The SMILES string of the molecule is CC(C)(C)Oc1cc(-c2ccc(N3C(=O)c4ccc(-c5ccc(N)cc5)cc4C3=O)c(OC(C)(C)C)c2)ccc1-c1ccc(N2C(=O)c3ccc(-c4ccc(N)cc4)cc3C2=O)cc1. The number of nitrogen functional groups attached to an aromatic ring is 2. The molecule has 7 aromatic rings. The van der Waals surface area contributed by atoms with E-state index in [2.05, 4.69) is 0 Å². The van der Waals surface area contributed by atoms with Crippen molar-refractivity contribution in [2.75, 3.05) is 21.3 Å². The Morgan fingerprint density at radius 1 is 0.359 bits per heavy atom. The number of imide groups is 2.